The maximum Gasteiger partial charge on any atom is 0.214 e. The van der Waals surface area contributed by atoms with Gasteiger partial charge < -0.3 is 10.8 Å². The van der Waals surface area contributed by atoms with Crippen molar-refractivity contribution in [3.05, 3.63) is 29.8 Å². The molecule has 17 heavy (non-hydrogen) atoms. The van der Waals surface area contributed by atoms with Crippen LogP contribution in [0.15, 0.2) is 24.3 Å². The number of sulfonamides is 1. The summed E-state index contributed by atoms with van der Waals surface area (Å²) in [4.78, 5) is 0. The molecule has 0 saturated carbocycles. The molecule has 5 nitrogen and oxygen atoms in total. The topological polar surface area (TPSA) is 92.4 Å². The fourth-order valence-corrected chi connectivity index (χ4v) is 1.92. The number of aliphatic hydroxyl groups excluding tert-OH is 1. The van der Waals surface area contributed by atoms with Crippen molar-refractivity contribution >= 4 is 15.7 Å². The van der Waals surface area contributed by atoms with Gasteiger partial charge in [-0.15, -0.1) is 0 Å². The summed E-state index contributed by atoms with van der Waals surface area (Å²) in [5.74, 6) is 0. The predicted octanol–water partition coefficient (Wildman–Crippen LogP) is 0.630. The van der Waals surface area contributed by atoms with Crippen LogP contribution in [-0.4, -0.2) is 25.3 Å². The second-order valence-corrected chi connectivity index (χ2v) is 6.45. The van der Waals surface area contributed by atoms with Crippen molar-refractivity contribution in [2.75, 3.05) is 12.3 Å². The number of nitrogens with one attached hydrogen (secondary N) is 1. The van der Waals surface area contributed by atoms with Crippen molar-refractivity contribution in [1.29, 1.82) is 0 Å². The summed E-state index contributed by atoms with van der Waals surface area (Å²) in [6.45, 7) is 3.13. The first-order valence-electron chi connectivity index (χ1n) is 5.35. The molecule has 0 spiro atoms. The third-order valence-electron chi connectivity index (χ3n) is 2.42. The normalized spacial score (nSPS) is 13.9. The molecule has 1 aromatic rings. The fraction of sp³-hybridized carbons (Fsp3) is 0.455. The van der Waals surface area contributed by atoms with Crippen LogP contribution in [0, 0.1) is 0 Å². The standard InChI is InChI=1S/C11H18N2O3S/c1-8(2)17(15,16)13-7-11(14)9-3-5-10(12)6-4-9/h3-6,8,11,13-14H,7,12H2,1-2H3. The highest BCUT2D eigenvalue weighted by molar-refractivity contribution is 7.90. The van der Waals surface area contributed by atoms with Crippen molar-refractivity contribution in [3.63, 3.8) is 0 Å². The van der Waals surface area contributed by atoms with Crippen LogP contribution in [0.5, 0.6) is 0 Å². The van der Waals surface area contributed by atoms with E-state index in [1.807, 2.05) is 0 Å². The van der Waals surface area contributed by atoms with Crippen LogP contribution >= 0.6 is 0 Å². The van der Waals surface area contributed by atoms with Gasteiger partial charge in [-0.05, 0) is 31.5 Å². The van der Waals surface area contributed by atoms with E-state index in [0.29, 0.717) is 11.3 Å². The molecule has 6 heteroatoms. The third kappa shape index (κ3) is 3.99. The summed E-state index contributed by atoms with van der Waals surface area (Å²) in [6, 6.07) is 6.67. The largest absolute Gasteiger partial charge is 0.399 e. The van der Waals surface area contributed by atoms with Gasteiger partial charge in [0.1, 0.15) is 0 Å². The van der Waals surface area contributed by atoms with E-state index in [1.54, 1.807) is 38.1 Å². The van der Waals surface area contributed by atoms with Crippen molar-refractivity contribution in [2.24, 2.45) is 0 Å². The maximum atomic E-state index is 11.5. The smallest absolute Gasteiger partial charge is 0.214 e. The molecule has 0 radical (unpaired) electrons. The molecule has 0 heterocycles. The van der Waals surface area contributed by atoms with Crippen molar-refractivity contribution in [2.45, 2.75) is 25.2 Å². The molecule has 0 aromatic heterocycles. The van der Waals surface area contributed by atoms with E-state index in [-0.39, 0.29) is 6.54 Å². The SMILES string of the molecule is CC(C)S(=O)(=O)NCC(O)c1ccc(N)cc1. The van der Waals surface area contributed by atoms with Crippen LogP contribution in [0.3, 0.4) is 0 Å². The number of hydrogen-bond donors (Lipinski definition) is 3. The molecule has 0 saturated heterocycles. The number of nitrogen functional groups attached to an aromatic ring is 1. The van der Waals surface area contributed by atoms with Crippen LogP contribution < -0.4 is 10.5 Å². The summed E-state index contributed by atoms with van der Waals surface area (Å²) in [5.41, 5.74) is 6.75. The van der Waals surface area contributed by atoms with Crippen LogP contribution in [-0.2, 0) is 10.0 Å². The monoisotopic (exact) mass is 258 g/mol. The number of rotatable bonds is 5. The Balaban J connectivity index is 2.62. The molecule has 4 N–H and O–H groups in total. The summed E-state index contributed by atoms with van der Waals surface area (Å²) in [5, 5.41) is 9.28. The molecule has 96 valence electrons. The molecular formula is C11H18N2O3S. The number of nitrogens with two attached hydrogens (primary N) is 1. The van der Waals surface area contributed by atoms with Gasteiger partial charge in [0.2, 0.25) is 10.0 Å². The first-order valence-corrected chi connectivity index (χ1v) is 6.89. The zero-order chi connectivity index (χ0) is 13.1. The molecule has 1 atom stereocenters. The molecule has 0 bridgehead atoms. The Bertz CT molecular complexity index is 454. The summed E-state index contributed by atoms with van der Waals surface area (Å²) < 4.78 is 25.3. The van der Waals surface area contributed by atoms with Crippen LogP contribution in [0.25, 0.3) is 0 Å². The van der Waals surface area contributed by atoms with E-state index < -0.39 is 21.4 Å². The second-order valence-electron chi connectivity index (χ2n) is 4.12. The Morgan fingerprint density at radius 2 is 1.82 bits per heavy atom. The summed E-state index contributed by atoms with van der Waals surface area (Å²) in [6.07, 6.45) is -0.871. The average molecular weight is 258 g/mol. The van der Waals surface area contributed by atoms with Crippen LogP contribution in [0.1, 0.15) is 25.5 Å². The Labute approximate surface area is 102 Å². The molecule has 0 fully saturated rings. The third-order valence-corrected chi connectivity index (χ3v) is 4.23. The maximum absolute atomic E-state index is 11.5. The van der Waals surface area contributed by atoms with Gasteiger partial charge in [-0.3, -0.25) is 0 Å². The minimum Gasteiger partial charge on any atom is -0.399 e. The molecule has 0 amide bonds. The summed E-state index contributed by atoms with van der Waals surface area (Å²) in [7, 11) is -3.34. The minimum atomic E-state index is -3.34. The molecule has 1 unspecified atom stereocenters. The molecular weight excluding hydrogens is 240 g/mol. The fourth-order valence-electron chi connectivity index (χ4n) is 1.20. The molecule has 0 aliphatic heterocycles. The van der Waals surface area contributed by atoms with Crippen LogP contribution in [0.4, 0.5) is 5.69 Å². The number of aliphatic hydroxyl groups is 1. The van der Waals surface area contributed by atoms with Gasteiger partial charge in [-0.25, -0.2) is 13.1 Å². The highest BCUT2D eigenvalue weighted by Gasteiger charge is 2.17. The van der Waals surface area contributed by atoms with E-state index in [1.165, 1.54) is 0 Å². The van der Waals surface area contributed by atoms with E-state index in [4.69, 9.17) is 5.73 Å². The Morgan fingerprint density at radius 3 is 2.29 bits per heavy atom. The Morgan fingerprint density at radius 1 is 1.29 bits per heavy atom. The van der Waals surface area contributed by atoms with Gasteiger partial charge in [0.05, 0.1) is 11.4 Å². The lowest BCUT2D eigenvalue weighted by molar-refractivity contribution is 0.182. The van der Waals surface area contributed by atoms with Gasteiger partial charge in [-0.2, -0.15) is 0 Å². The second kappa shape index (κ2) is 5.48. The van der Waals surface area contributed by atoms with Crippen molar-refractivity contribution in [1.82, 2.24) is 4.72 Å². The minimum absolute atomic E-state index is 0.0373. The zero-order valence-corrected chi connectivity index (χ0v) is 10.7. The lowest BCUT2D eigenvalue weighted by Gasteiger charge is -2.14. The molecule has 1 rings (SSSR count). The number of hydrogen-bond acceptors (Lipinski definition) is 4. The highest BCUT2D eigenvalue weighted by Crippen LogP contribution is 2.14. The lowest BCUT2D eigenvalue weighted by Crippen LogP contribution is -2.33. The van der Waals surface area contributed by atoms with E-state index in [9.17, 15) is 13.5 Å². The van der Waals surface area contributed by atoms with E-state index >= 15 is 0 Å². The zero-order valence-electron chi connectivity index (χ0n) is 9.92. The van der Waals surface area contributed by atoms with Gasteiger partial charge in [0.25, 0.3) is 0 Å². The lowest BCUT2D eigenvalue weighted by atomic mass is 10.1. The predicted molar refractivity (Wildman–Crippen MR) is 67.9 cm³/mol. The molecule has 0 aliphatic rings. The first-order chi connectivity index (χ1) is 7.83. The summed E-state index contributed by atoms with van der Waals surface area (Å²) >= 11 is 0. The molecule has 1 aromatic carbocycles. The quantitative estimate of drug-likeness (QED) is 0.675. The Kier molecular flexibility index (Phi) is 4.50. The first kappa shape index (κ1) is 14.0. The van der Waals surface area contributed by atoms with E-state index in [2.05, 4.69) is 4.72 Å². The van der Waals surface area contributed by atoms with Crippen molar-refractivity contribution in [3.8, 4) is 0 Å². The highest BCUT2D eigenvalue weighted by atomic mass is 32.2. The van der Waals surface area contributed by atoms with Crippen LogP contribution in [0.2, 0.25) is 0 Å². The number of anilines is 1. The Hall–Kier alpha value is -1.11. The molecule has 0 aliphatic carbocycles. The van der Waals surface area contributed by atoms with Gasteiger partial charge >= 0.3 is 0 Å². The van der Waals surface area contributed by atoms with Gasteiger partial charge in [0, 0.05) is 12.2 Å². The average Bonchev–Trinajstić information content (AvgIpc) is 2.27. The van der Waals surface area contributed by atoms with Gasteiger partial charge in [0.15, 0.2) is 0 Å². The van der Waals surface area contributed by atoms with Crippen molar-refractivity contribution < 1.29 is 13.5 Å². The number of benzene rings is 1. The van der Waals surface area contributed by atoms with Gasteiger partial charge in [-0.1, -0.05) is 12.1 Å². The van der Waals surface area contributed by atoms with E-state index in [0.717, 1.165) is 0 Å².